The van der Waals surface area contributed by atoms with E-state index in [9.17, 15) is 9.90 Å². The minimum atomic E-state index is -0.343. The lowest BCUT2D eigenvalue weighted by Crippen LogP contribution is -2.43. The zero-order valence-corrected chi connectivity index (χ0v) is 14.4. The number of hydrazine groups is 1. The lowest BCUT2D eigenvalue weighted by atomic mass is 10.0. The summed E-state index contributed by atoms with van der Waals surface area (Å²) in [5, 5.41) is 12.8. The SMILES string of the molecule is Cc1cc(C)nc(CCNC(=O)C2CC(c3ccccc3O)NN2)n1. The summed E-state index contributed by atoms with van der Waals surface area (Å²) in [6.45, 7) is 4.36. The monoisotopic (exact) mass is 341 g/mol. The second kappa shape index (κ2) is 7.58. The molecule has 1 aliphatic heterocycles. The van der Waals surface area contributed by atoms with Crippen molar-refractivity contribution >= 4 is 5.91 Å². The largest absolute Gasteiger partial charge is 0.508 e. The zero-order chi connectivity index (χ0) is 17.8. The fourth-order valence-electron chi connectivity index (χ4n) is 3.05. The van der Waals surface area contributed by atoms with Crippen LogP contribution in [0.3, 0.4) is 0 Å². The van der Waals surface area contributed by atoms with E-state index in [0.29, 0.717) is 19.4 Å². The second-order valence-electron chi connectivity index (χ2n) is 6.30. The van der Waals surface area contributed by atoms with Gasteiger partial charge in [0.2, 0.25) is 5.91 Å². The van der Waals surface area contributed by atoms with Gasteiger partial charge in [-0.1, -0.05) is 18.2 Å². The molecule has 132 valence electrons. The number of nitrogens with zero attached hydrogens (tertiary/aromatic N) is 2. The second-order valence-corrected chi connectivity index (χ2v) is 6.30. The number of benzene rings is 1. The molecule has 1 fully saturated rings. The van der Waals surface area contributed by atoms with Crippen molar-refractivity contribution in [3.8, 4) is 5.75 Å². The molecule has 2 atom stereocenters. The molecule has 1 saturated heterocycles. The van der Waals surface area contributed by atoms with E-state index in [1.54, 1.807) is 12.1 Å². The molecular formula is C18H23N5O2. The first kappa shape index (κ1) is 17.3. The predicted molar refractivity (Wildman–Crippen MR) is 93.7 cm³/mol. The number of carbonyl (C=O) groups excluding carboxylic acids is 1. The van der Waals surface area contributed by atoms with Crippen LogP contribution in [-0.2, 0) is 11.2 Å². The van der Waals surface area contributed by atoms with Crippen LogP contribution in [-0.4, -0.2) is 33.6 Å². The van der Waals surface area contributed by atoms with Crippen LogP contribution in [0.5, 0.6) is 5.75 Å². The van der Waals surface area contributed by atoms with E-state index < -0.39 is 0 Å². The third kappa shape index (κ3) is 4.32. The van der Waals surface area contributed by atoms with Gasteiger partial charge in [-0.05, 0) is 32.4 Å². The molecule has 25 heavy (non-hydrogen) atoms. The first-order valence-electron chi connectivity index (χ1n) is 8.41. The first-order valence-corrected chi connectivity index (χ1v) is 8.41. The van der Waals surface area contributed by atoms with E-state index in [-0.39, 0.29) is 23.7 Å². The Labute approximate surface area is 146 Å². The van der Waals surface area contributed by atoms with Gasteiger partial charge in [-0.15, -0.1) is 0 Å². The number of rotatable bonds is 5. The van der Waals surface area contributed by atoms with Crippen molar-refractivity contribution < 1.29 is 9.90 Å². The summed E-state index contributed by atoms with van der Waals surface area (Å²) in [6, 6.07) is 8.63. The van der Waals surface area contributed by atoms with Gasteiger partial charge in [-0.2, -0.15) is 0 Å². The molecule has 0 saturated carbocycles. The molecule has 1 aliphatic rings. The summed E-state index contributed by atoms with van der Waals surface area (Å²) in [6.07, 6.45) is 1.17. The average molecular weight is 341 g/mol. The molecule has 1 aromatic carbocycles. The van der Waals surface area contributed by atoms with Gasteiger partial charge in [-0.3, -0.25) is 4.79 Å². The molecule has 2 heterocycles. The number of hydrogen-bond acceptors (Lipinski definition) is 6. The predicted octanol–water partition coefficient (Wildman–Crippen LogP) is 1.07. The molecule has 7 nitrogen and oxygen atoms in total. The van der Waals surface area contributed by atoms with Crippen LogP contribution >= 0.6 is 0 Å². The Morgan fingerprint density at radius 2 is 1.96 bits per heavy atom. The summed E-state index contributed by atoms with van der Waals surface area (Å²) in [4.78, 5) is 21.1. The van der Waals surface area contributed by atoms with E-state index in [2.05, 4.69) is 26.1 Å². The van der Waals surface area contributed by atoms with Gasteiger partial charge in [0, 0.05) is 29.9 Å². The van der Waals surface area contributed by atoms with Crippen molar-refractivity contribution in [2.75, 3.05) is 6.54 Å². The van der Waals surface area contributed by atoms with Crippen molar-refractivity contribution in [1.82, 2.24) is 26.1 Å². The highest BCUT2D eigenvalue weighted by Crippen LogP contribution is 2.28. The van der Waals surface area contributed by atoms with Crippen molar-refractivity contribution in [2.45, 2.75) is 38.8 Å². The molecule has 2 aromatic rings. The number of amides is 1. The summed E-state index contributed by atoms with van der Waals surface area (Å²) in [7, 11) is 0. The lowest BCUT2D eigenvalue weighted by Gasteiger charge is -2.11. The van der Waals surface area contributed by atoms with Gasteiger partial charge >= 0.3 is 0 Å². The highest BCUT2D eigenvalue weighted by molar-refractivity contribution is 5.82. The highest BCUT2D eigenvalue weighted by Gasteiger charge is 2.31. The molecule has 0 radical (unpaired) electrons. The molecule has 2 unspecified atom stereocenters. The maximum Gasteiger partial charge on any atom is 0.238 e. The Bertz CT molecular complexity index is 745. The van der Waals surface area contributed by atoms with E-state index >= 15 is 0 Å². The van der Waals surface area contributed by atoms with Crippen molar-refractivity contribution in [1.29, 1.82) is 0 Å². The number of nitrogens with one attached hydrogen (secondary N) is 3. The van der Waals surface area contributed by atoms with Crippen molar-refractivity contribution in [3.05, 3.63) is 53.1 Å². The van der Waals surface area contributed by atoms with E-state index in [4.69, 9.17) is 0 Å². The molecule has 1 amide bonds. The van der Waals surface area contributed by atoms with Crippen molar-refractivity contribution in [3.63, 3.8) is 0 Å². The van der Waals surface area contributed by atoms with Gasteiger partial charge < -0.3 is 10.4 Å². The zero-order valence-electron chi connectivity index (χ0n) is 14.4. The van der Waals surface area contributed by atoms with E-state index in [0.717, 1.165) is 22.8 Å². The Morgan fingerprint density at radius 3 is 2.68 bits per heavy atom. The molecule has 0 spiro atoms. The number of para-hydroxylation sites is 1. The lowest BCUT2D eigenvalue weighted by molar-refractivity contribution is -0.122. The average Bonchev–Trinajstić information content (AvgIpc) is 3.04. The maximum absolute atomic E-state index is 12.3. The quantitative estimate of drug-likeness (QED) is 0.649. The van der Waals surface area contributed by atoms with E-state index in [1.165, 1.54) is 0 Å². The number of aromatic nitrogens is 2. The molecular weight excluding hydrogens is 318 g/mol. The smallest absolute Gasteiger partial charge is 0.238 e. The Kier molecular flexibility index (Phi) is 5.25. The number of phenols is 1. The highest BCUT2D eigenvalue weighted by atomic mass is 16.3. The van der Waals surface area contributed by atoms with Crippen LogP contribution in [0, 0.1) is 13.8 Å². The number of carbonyl (C=O) groups is 1. The minimum Gasteiger partial charge on any atom is -0.508 e. The van der Waals surface area contributed by atoms with E-state index in [1.807, 2.05) is 32.0 Å². The standard InChI is InChI=1S/C18H23N5O2/c1-11-9-12(2)21-17(20-11)7-8-19-18(25)15-10-14(22-23-15)13-5-3-4-6-16(13)24/h3-6,9,14-15,22-24H,7-8,10H2,1-2H3,(H,19,25). The number of hydrogen-bond donors (Lipinski definition) is 4. The molecule has 1 aromatic heterocycles. The maximum atomic E-state index is 12.3. The van der Waals surface area contributed by atoms with Crippen LogP contribution in [0.2, 0.25) is 0 Å². The van der Waals surface area contributed by atoms with Crippen LogP contribution in [0.15, 0.2) is 30.3 Å². The Hall–Kier alpha value is -2.51. The molecule has 3 rings (SSSR count). The van der Waals surface area contributed by atoms with Gasteiger partial charge in [-0.25, -0.2) is 20.8 Å². The van der Waals surface area contributed by atoms with Gasteiger partial charge in [0.25, 0.3) is 0 Å². The molecule has 4 N–H and O–H groups in total. The number of aromatic hydroxyl groups is 1. The minimum absolute atomic E-state index is 0.0743. The Morgan fingerprint density at radius 1 is 1.24 bits per heavy atom. The molecule has 7 heteroatoms. The first-order chi connectivity index (χ1) is 12.0. The summed E-state index contributed by atoms with van der Waals surface area (Å²) in [5.41, 5.74) is 8.72. The number of aryl methyl sites for hydroxylation is 2. The topological polar surface area (TPSA) is 99.2 Å². The van der Waals surface area contributed by atoms with Crippen LogP contribution in [0.25, 0.3) is 0 Å². The summed E-state index contributed by atoms with van der Waals surface area (Å²) < 4.78 is 0. The number of phenolic OH excluding ortho intramolecular Hbond substituents is 1. The Balaban J connectivity index is 1.50. The van der Waals surface area contributed by atoms with Gasteiger partial charge in [0.15, 0.2) is 0 Å². The summed E-state index contributed by atoms with van der Waals surface area (Å²) >= 11 is 0. The molecule has 0 bridgehead atoms. The van der Waals surface area contributed by atoms with Crippen LogP contribution < -0.4 is 16.2 Å². The fourth-order valence-corrected chi connectivity index (χ4v) is 3.05. The van der Waals surface area contributed by atoms with Gasteiger partial charge in [0.05, 0.1) is 6.04 Å². The fraction of sp³-hybridized carbons (Fsp3) is 0.389. The normalized spacial score (nSPS) is 19.8. The third-order valence-electron chi connectivity index (χ3n) is 4.21. The summed E-state index contributed by atoms with van der Waals surface area (Å²) in [5.74, 6) is 0.895. The van der Waals surface area contributed by atoms with Crippen LogP contribution in [0.4, 0.5) is 0 Å². The van der Waals surface area contributed by atoms with Crippen molar-refractivity contribution in [2.24, 2.45) is 0 Å². The van der Waals surface area contributed by atoms with Crippen LogP contribution in [0.1, 0.15) is 35.2 Å². The van der Waals surface area contributed by atoms with Gasteiger partial charge in [0.1, 0.15) is 17.6 Å². The molecule has 0 aliphatic carbocycles. The third-order valence-corrected chi connectivity index (χ3v) is 4.21.